The minimum Gasteiger partial charge on any atom is -0.335 e. The molecule has 2 heterocycles. The van der Waals surface area contributed by atoms with Crippen LogP contribution >= 0.6 is 46.3 Å². The van der Waals surface area contributed by atoms with Crippen LogP contribution in [0.5, 0.6) is 0 Å². The Morgan fingerprint density at radius 2 is 0.930 bits per heavy atom. The van der Waals surface area contributed by atoms with Crippen molar-refractivity contribution in [3.05, 3.63) is 56.5 Å². The molecule has 320 valence electrons. The van der Waals surface area contributed by atoms with Crippen molar-refractivity contribution in [3.8, 4) is 0 Å². The number of nitrogens with zero attached hydrogens (tertiary/aromatic N) is 2. The quantitative estimate of drug-likeness (QED) is 0.0430. The number of fused-ring (bicyclic) bond motifs is 2. The van der Waals surface area contributed by atoms with Gasteiger partial charge in [0.2, 0.25) is 5.52 Å². The van der Waals surface area contributed by atoms with E-state index < -0.39 is 0 Å². The van der Waals surface area contributed by atoms with E-state index >= 15 is 0 Å². The predicted molar refractivity (Wildman–Crippen MR) is 259 cm³/mol. The van der Waals surface area contributed by atoms with Gasteiger partial charge in [-0.25, -0.2) is 0 Å². The minimum atomic E-state index is 0.822. The molecule has 1 aromatic heterocycles. The SMILES string of the molecule is CCCCCCCCCCCCCCCCCCN1/C(=C\c2sc3ccc(Cl)cc3[n+]2CCCCCCCCCCCCCCCCCC)Sc2ccc(Cl)cc21. The van der Waals surface area contributed by atoms with Gasteiger partial charge in [-0.3, -0.25) is 0 Å². The van der Waals surface area contributed by atoms with Crippen molar-refractivity contribution in [2.45, 2.75) is 231 Å². The van der Waals surface area contributed by atoms with Gasteiger partial charge in [-0.1, -0.05) is 246 Å². The van der Waals surface area contributed by atoms with Gasteiger partial charge in [-0.05, 0) is 43.2 Å². The first-order valence-electron chi connectivity index (χ1n) is 24.2. The van der Waals surface area contributed by atoms with Crippen molar-refractivity contribution in [1.82, 2.24) is 0 Å². The van der Waals surface area contributed by atoms with E-state index in [-0.39, 0.29) is 0 Å². The lowest BCUT2D eigenvalue weighted by molar-refractivity contribution is -0.669. The summed E-state index contributed by atoms with van der Waals surface area (Å²) in [6.07, 6.45) is 47.1. The first kappa shape index (κ1) is 48.5. The van der Waals surface area contributed by atoms with Gasteiger partial charge in [0.25, 0.3) is 5.01 Å². The third-order valence-electron chi connectivity index (χ3n) is 12.1. The van der Waals surface area contributed by atoms with Gasteiger partial charge in [0.15, 0.2) is 6.54 Å². The fraction of sp³-hybridized carbons (Fsp3) is 0.706. The number of hydrogen-bond acceptors (Lipinski definition) is 3. The molecule has 0 saturated heterocycles. The van der Waals surface area contributed by atoms with Crippen molar-refractivity contribution in [3.63, 3.8) is 0 Å². The molecule has 3 aromatic rings. The average molecular weight is 857 g/mol. The summed E-state index contributed by atoms with van der Waals surface area (Å²) in [6.45, 7) is 6.69. The zero-order valence-corrected chi connectivity index (χ0v) is 39.7. The van der Waals surface area contributed by atoms with Crippen LogP contribution in [-0.4, -0.2) is 6.54 Å². The molecule has 1 aliphatic heterocycles. The van der Waals surface area contributed by atoms with E-state index in [1.165, 1.54) is 236 Å². The third kappa shape index (κ3) is 19.4. The Bertz CT molecular complexity index is 1520. The van der Waals surface area contributed by atoms with Gasteiger partial charge in [-0.2, -0.15) is 4.57 Å². The number of thiazole rings is 1. The molecule has 0 unspecified atom stereocenters. The largest absolute Gasteiger partial charge is 0.335 e. The summed E-state index contributed by atoms with van der Waals surface area (Å²) < 4.78 is 3.86. The standard InChI is InChI=1S/C51H81Cl2N2S2/c1-3-5-7-9-11-13-15-17-19-21-23-25-27-29-31-33-39-54-46-41-44(52)35-37-48(46)56-50(54)43-51-55(47-42-45(53)36-38-49(47)57-51)40-34-32-30-28-26-24-22-20-18-16-14-12-10-8-6-4-2/h35-38,41-43H,3-34,39-40H2,1-2H3/q+1. The fourth-order valence-corrected chi connectivity index (χ4v) is 11.2. The summed E-state index contributed by atoms with van der Waals surface area (Å²) in [4.78, 5) is 3.86. The van der Waals surface area contributed by atoms with Gasteiger partial charge >= 0.3 is 0 Å². The molecule has 0 N–H and O–H groups in total. The van der Waals surface area contributed by atoms with Crippen LogP contribution in [0.1, 0.15) is 224 Å². The van der Waals surface area contributed by atoms with Crippen molar-refractivity contribution < 1.29 is 4.57 Å². The topological polar surface area (TPSA) is 7.12 Å². The highest BCUT2D eigenvalue weighted by atomic mass is 35.5. The molecule has 0 bridgehead atoms. The Hall–Kier alpha value is -1.20. The molecule has 0 spiro atoms. The highest BCUT2D eigenvalue weighted by Gasteiger charge is 2.28. The number of benzene rings is 2. The van der Waals surface area contributed by atoms with E-state index in [2.05, 4.69) is 53.7 Å². The molecule has 57 heavy (non-hydrogen) atoms. The first-order valence-corrected chi connectivity index (χ1v) is 26.6. The Morgan fingerprint density at radius 1 is 0.509 bits per heavy atom. The average Bonchev–Trinajstić information content (AvgIpc) is 3.72. The molecule has 0 radical (unpaired) electrons. The van der Waals surface area contributed by atoms with Gasteiger partial charge in [0, 0.05) is 34.0 Å². The molecule has 0 saturated carbocycles. The third-order valence-corrected chi connectivity index (χ3v) is 14.8. The number of thioether (sulfide) groups is 1. The van der Waals surface area contributed by atoms with Crippen LogP contribution in [0.2, 0.25) is 10.0 Å². The molecular weight excluding hydrogens is 776 g/mol. The van der Waals surface area contributed by atoms with E-state index in [0.717, 1.165) is 23.1 Å². The number of aryl methyl sites for hydroxylation is 1. The van der Waals surface area contributed by atoms with E-state index in [0.29, 0.717) is 0 Å². The van der Waals surface area contributed by atoms with Crippen molar-refractivity contribution in [2.75, 3.05) is 11.4 Å². The van der Waals surface area contributed by atoms with Gasteiger partial charge < -0.3 is 4.90 Å². The number of rotatable bonds is 35. The lowest BCUT2D eigenvalue weighted by Gasteiger charge is -2.20. The Labute approximate surface area is 369 Å². The van der Waals surface area contributed by atoms with Crippen LogP contribution in [0.25, 0.3) is 16.3 Å². The molecular formula is C51H81Cl2N2S2+. The molecule has 1 aliphatic rings. The Kier molecular flexibility index (Phi) is 26.2. The zero-order valence-electron chi connectivity index (χ0n) is 36.5. The lowest BCUT2D eigenvalue weighted by atomic mass is 10.0. The minimum absolute atomic E-state index is 0.822. The molecule has 0 amide bonds. The normalized spacial score (nSPS) is 13.5. The number of aromatic nitrogens is 1. The van der Waals surface area contributed by atoms with Crippen LogP contribution in [-0.2, 0) is 6.54 Å². The number of hydrogen-bond donors (Lipinski definition) is 0. The van der Waals surface area contributed by atoms with Crippen LogP contribution in [0.15, 0.2) is 46.3 Å². The lowest BCUT2D eigenvalue weighted by Crippen LogP contribution is -2.35. The molecule has 0 aliphatic carbocycles. The molecule has 6 heteroatoms. The van der Waals surface area contributed by atoms with Crippen LogP contribution in [0.4, 0.5) is 5.69 Å². The highest BCUT2D eigenvalue weighted by molar-refractivity contribution is 8.03. The first-order chi connectivity index (χ1) is 28.1. The second-order valence-corrected chi connectivity index (χ2v) is 20.2. The molecule has 0 fully saturated rings. The van der Waals surface area contributed by atoms with E-state index in [1.54, 1.807) is 0 Å². The predicted octanol–water partition coefficient (Wildman–Crippen LogP) is 18.9. The smallest absolute Gasteiger partial charge is 0.265 e. The van der Waals surface area contributed by atoms with Crippen molar-refractivity contribution >= 4 is 68.3 Å². The van der Waals surface area contributed by atoms with E-state index in [9.17, 15) is 0 Å². The Balaban J connectivity index is 1.19. The second-order valence-electron chi connectivity index (χ2n) is 17.2. The number of anilines is 1. The summed E-state index contributed by atoms with van der Waals surface area (Å²) >= 11 is 17.0. The van der Waals surface area contributed by atoms with E-state index in [1.807, 2.05) is 35.2 Å². The zero-order chi connectivity index (χ0) is 40.2. The van der Waals surface area contributed by atoms with Gasteiger partial charge in [0.05, 0.1) is 16.8 Å². The monoisotopic (exact) mass is 856 g/mol. The maximum absolute atomic E-state index is 6.58. The Morgan fingerprint density at radius 3 is 1.42 bits per heavy atom. The summed E-state index contributed by atoms with van der Waals surface area (Å²) in [5.74, 6) is 0. The summed E-state index contributed by atoms with van der Waals surface area (Å²) in [5, 5.41) is 4.29. The summed E-state index contributed by atoms with van der Waals surface area (Å²) in [6, 6.07) is 12.8. The van der Waals surface area contributed by atoms with Gasteiger partial charge in [0.1, 0.15) is 4.70 Å². The van der Waals surface area contributed by atoms with Crippen LogP contribution in [0, 0.1) is 0 Å². The molecule has 2 aromatic carbocycles. The molecule has 2 nitrogen and oxygen atoms in total. The second kappa shape index (κ2) is 30.8. The van der Waals surface area contributed by atoms with Crippen molar-refractivity contribution in [2.24, 2.45) is 0 Å². The highest BCUT2D eigenvalue weighted by Crippen LogP contribution is 2.48. The maximum atomic E-state index is 6.58. The van der Waals surface area contributed by atoms with Crippen LogP contribution in [0.3, 0.4) is 0 Å². The molecule has 0 atom stereocenters. The van der Waals surface area contributed by atoms with Crippen molar-refractivity contribution in [1.29, 1.82) is 0 Å². The number of unbranched alkanes of at least 4 members (excludes halogenated alkanes) is 30. The summed E-state index contributed by atoms with van der Waals surface area (Å²) in [5.41, 5.74) is 2.54. The summed E-state index contributed by atoms with van der Waals surface area (Å²) in [7, 11) is 0. The fourth-order valence-electron chi connectivity index (χ4n) is 8.57. The number of halogens is 2. The van der Waals surface area contributed by atoms with E-state index in [4.69, 9.17) is 23.2 Å². The van der Waals surface area contributed by atoms with Crippen LogP contribution < -0.4 is 9.47 Å². The van der Waals surface area contributed by atoms with Gasteiger partial charge in [-0.15, -0.1) is 0 Å². The maximum Gasteiger partial charge on any atom is 0.265 e. The molecule has 4 rings (SSSR count).